The minimum absolute atomic E-state index is 0.00229. The lowest BCUT2D eigenvalue weighted by atomic mass is 9.82. The van der Waals surface area contributed by atoms with Crippen LogP contribution in [0.15, 0.2) is 60.2 Å². The molecule has 0 fully saturated rings. The standard InChI is InChI=1S/C20H15F3O4/c21-20(22,23)13-4-2-6-16(10-13)27-15-5-1-3-12(9-15)17-8-7-14(24)11-18(17)19(25)26/h1-6,9-11,17H,7-8H2,(H,25,26). The lowest BCUT2D eigenvalue weighted by Gasteiger charge is -2.22. The van der Waals surface area contributed by atoms with E-state index in [2.05, 4.69) is 0 Å². The quantitative estimate of drug-likeness (QED) is 0.820. The number of halogens is 3. The van der Waals surface area contributed by atoms with Crippen LogP contribution in [-0.4, -0.2) is 16.9 Å². The summed E-state index contributed by atoms with van der Waals surface area (Å²) in [6.07, 6.45) is -2.75. The fourth-order valence-corrected chi connectivity index (χ4v) is 3.01. The van der Waals surface area contributed by atoms with Crippen LogP contribution in [0.25, 0.3) is 0 Å². The second-order valence-corrected chi connectivity index (χ2v) is 6.16. The van der Waals surface area contributed by atoms with E-state index in [1.54, 1.807) is 24.3 Å². The summed E-state index contributed by atoms with van der Waals surface area (Å²) in [5, 5.41) is 9.34. The Labute approximate surface area is 152 Å². The fraction of sp³-hybridized carbons (Fsp3) is 0.200. The van der Waals surface area contributed by atoms with Gasteiger partial charge in [-0.1, -0.05) is 18.2 Å². The van der Waals surface area contributed by atoms with Crippen LogP contribution in [0.1, 0.15) is 29.9 Å². The Morgan fingerprint density at radius 1 is 1.07 bits per heavy atom. The summed E-state index contributed by atoms with van der Waals surface area (Å²) in [7, 11) is 0. The molecule has 3 rings (SSSR count). The molecule has 0 aromatic heterocycles. The maximum atomic E-state index is 12.8. The minimum atomic E-state index is -4.48. The van der Waals surface area contributed by atoms with Crippen molar-refractivity contribution in [3.8, 4) is 11.5 Å². The van der Waals surface area contributed by atoms with Gasteiger partial charge in [0.1, 0.15) is 11.5 Å². The molecule has 1 aliphatic rings. The van der Waals surface area contributed by atoms with Gasteiger partial charge >= 0.3 is 12.1 Å². The van der Waals surface area contributed by atoms with Crippen LogP contribution in [-0.2, 0) is 15.8 Å². The highest BCUT2D eigenvalue weighted by molar-refractivity contribution is 6.01. The van der Waals surface area contributed by atoms with Crippen molar-refractivity contribution in [2.45, 2.75) is 24.9 Å². The number of aliphatic carboxylic acids is 1. The Hall–Kier alpha value is -3.09. The molecule has 27 heavy (non-hydrogen) atoms. The molecule has 2 aromatic rings. The molecule has 2 aromatic carbocycles. The topological polar surface area (TPSA) is 63.6 Å². The normalized spacial score (nSPS) is 17.4. The number of carbonyl (C=O) groups excluding carboxylic acids is 1. The third-order valence-corrected chi connectivity index (χ3v) is 4.28. The number of alkyl halides is 3. The fourth-order valence-electron chi connectivity index (χ4n) is 3.01. The second-order valence-electron chi connectivity index (χ2n) is 6.16. The highest BCUT2D eigenvalue weighted by Gasteiger charge is 2.31. The number of benzene rings is 2. The van der Waals surface area contributed by atoms with E-state index in [1.165, 1.54) is 12.1 Å². The van der Waals surface area contributed by atoms with E-state index < -0.39 is 23.6 Å². The number of hydrogen-bond donors (Lipinski definition) is 1. The maximum Gasteiger partial charge on any atom is 0.416 e. The third kappa shape index (κ3) is 4.36. The Bertz CT molecular complexity index is 915. The minimum Gasteiger partial charge on any atom is -0.478 e. The average molecular weight is 376 g/mol. The molecule has 1 aliphatic carbocycles. The molecule has 1 atom stereocenters. The highest BCUT2D eigenvalue weighted by Crippen LogP contribution is 2.36. The summed E-state index contributed by atoms with van der Waals surface area (Å²) in [6, 6.07) is 11.0. The summed E-state index contributed by atoms with van der Waals surface area (Å²) in [4.78, 5) is 23.0. The van der Waals surface area contributed by atoms with Crippen molar-refractivity contribution in [2.24, 2.45) is 0 Å². The second kappa shape index (κ2) is 7.26. The first-order valence-electron chi connectivity index (χ1n) is 8.17. The van der Waals surface area contributed by atoms with Crippen LogP contribution in [0.4, 0.5) is 13.2 Å². The molecule has 0 amide bonds. The van der Waals surface area contributed by atoms with Gasteiger partial charge in [0, 0.05) is 17.9 Å². The van der Waals surface area contributed by atoms with Gasteiger partial charge in [0.15, 0.2) is 5.78 Å². The van der Waals surface area contributed by atoms with Crippen LogP contribution < -0.4 is 4.74 Å². The van der Waals surface area contributed by atoms with Crippen LogP contribution in [0.3, 0.4) is 0 Å². The van der Waals surface area contributed by atoms with Crippen LogP contribution in [0, 0.1) is 0 Å². The highest BCUT2D eigenvalue weighted by atomic mass is 19.4. The molecule has 0 spiro atoms. The van der Waals surface area contributed by atoms with Crippen molar-refractivity contribution in [1.82, 2.24) is 0 Å². The van der Waals surface area contributed by atoms with E-state index in [1.807, 2.05) is 0 Å². The van der Waals surface area contributed by atoms with E-state index in [0.717, 1.165) is 18.2 Å². The molecule has 0 saturated carbocycles. The van der Waals surface area contributed by atoms with Gasteiger partial charge in [0.25, 0.3) is 0 Å². The number of ketones is 1. The van der Waals surface area contributed by atoms with Gasteiger partial charge in [-0.05, 0) is 48.4 Å². The SMILES string of the molecule is O=C1C=C(C(=O)O)C(c2cccc(Oc3cccc(C(F)(F)F)c3)c2)CC1. The largest absolute Gasteiger partial charge is 0.478 e. The smallest absolute Gasteiger partial charge is 0.416 e. The molecule has 0 saturated heterocycles. The van der Waals surface area contributed by atoms with E-state index in [9.17, 15) is 27.9 Å². The third-order valence-electron chi connectivity index (χ3n) is 4.28. The van der Waals surface area contributed by atoms with Gasteiger partial charge in [-0.3, -0.25) is 4.79 Å². The number of allylic oxidation sites excluding steroid dienone is 1. The van der Waals surface area contributed by atoms with Crippen molar-refractivity contribution in [2.75, 3.05) is 0 Å². The van der Waals surface area contributed by atoms with Gasteiger partial charge < -0.3 is 9.84 Å². The van der Waals surface area contributed by atoms with Crippen molar-refractivity contribution < 1.29 is 32.6 Å². The van der Waals surface area contributed by atoms with Crippen molar-refractivity contribution in [3.05, 3.63) is 71.3 Å². The first-order valence-corrected chi connectivity index (χ1v) is 8.17. The van der Waals surface area contributed by atoms with Crippen LogP contribution in [0.2, 0.25) is 0 Å². The van der Waals surface area contributed by atoms with Gasteiger partial charge in [-0.15, -0.1) is 0 Å². The number of carboxylic acid groups (broad SMARTS) is 1. The van der Waals surface area contributed by atoms with Crippen molar-refractivity contribution in [1.29, 1.82) is 0 Å². The zero-order valence-corrected chi connectivity index (χ0v) is 14.0. The number of ether oxygens (including phenoxy) is 1. The predicted molar refractivity (Wildman–Crippen MR) is 90.7 cm³/mol. The predicted octanol–water partition coefficient (Wildman–Crippen LogP) is 4.96. The zero-order valence-electron chi connectivity index (χ0n) is 14.0. The van der Waals surface area contributed by atoms with Gasteiger partial charge in [-0.2, -0.15) is 13.2 Å². The van der Waals surface area contributed by atoms with E-state index >= 15 is 0 Å². The van der Waals surface area contributed by atoms with Crippen molar-refractivity contribution in [3.63, 3.8) is 0 Å². The lowest BCUT2D eigenvalue weighted by Crippen LogP contribution is -2.18. The summed E-state index contributed by atoms with van der Waals surface area (Å²) in [5.74, 6) is -1.58. The van der Waals surface area contributed by atoms with E-state index in [0.29, 0.717) is 12.0 Å². The first kappa shape index (κ1) is 18.7. The van der Waals surface area contributed by atoms with Gasteiger partial charge in [0.05, 0.1) is 5.56 Å². The van der Waals surface area contributed by atoms with Gasteiger partial charge in [0.2, 0.25) is 0 Å². The summed E-state index contributed by atoms with van der Waals surface area (Å²) >= 11 is 0. The molecular formula is C20H15F3O4. The van der Waals surface area contributed by atoms with E-state index in [-0.39, 0.29) is 29.3 Å². The molecule has 7 heteroatoms. The molecule has 0 radical (unpaired) electrons. The lowest BCUT2D eigenvalue weighted by molar-refractivity contribution is -0.137. The summed E-state index contributed by atoms with van der Waals surface area (Å²) in [6.45, 7) is 0. The maximum absolute atomic E-state index is 12.8. The molecule has 0 bridgehead atoms. The monoisotopic (exact) mass is 376 g/mol. The Morgan fingerprint density at radius 2 is 1.74 bits per heavy atom. The molecule has 4 nitrogen and oxygen atoms in total. The average Bonchev–Trinajstić information content (AvgIpc) is 2.61. The molecule has 0 aliphatic heterocycles. The first-order chi connectivity index (χ1) is 12.7. The molecule has 1 unspecified atom stereocenters. The van der Waals surface area contributed by atoms with Gasteiger partial charge in [-0.25, -0.2) is 4.79 Å². The van der Waals surface area contributed by atoms with E-state index in [4.69, 9.17) is 4.74 Å². The van der Waals surface area contributed by atoms with Crippen LogP contribution in [0.5, 0.6) is 11.5 Å². The Balaban J connectivity index is 1.87. The molecule has 1 N–H and O–H groups in total. The number of hydrogen-bond acceptors (Lipinski definition) is 3. The molecular weight excluding hydrogens is 361 g/mol. The summed E-state index contributed by atoms with van der Waals surface area (Å²) in [5.41, 5.74) is -0.193. The number of rotatable bonds is 4. The Morgan fingerprint density at radius 3 is 2.41 bits per heavy atom. The van der Waals surface area contributed by atoms with Crippen molar-refractivity contribution >= 4 is 11.8 Å². The number of carbonyl (C=O) groups is 2. The molecule has 0 heterocycles. The zero-order chi connectivity index (χ0) is 19.6. The Kier molecular flexibility index (Phi) is 5.03. The summed E-state index contributed by atoms with van der Waals surface area (Å²) < 4.78 is 44.0. The molecule has 140 valence electrons. The van der Waals surface area contributed by atoms with Crippen LogP contribution >= 0.6 is 0 Å². The number of carboxylic acids is 1.